The molecule has 114 valence electrons. The molecule has 21 heavy (non-hydrogen) atoms. The molecule has 0 radical (unpaired) electrons. The Morgan fingerprint density at radius 3 is 2.71 bits per heavy atom. The molecule has 1 aliphatic heterocycles. The van der Waals surface area contributed by atoms with Crippen LogP contribution in [0, 0.1) is 5.41 Å². The zero-order valence-corrected chi connectivity index (χ0v) is 12.7. The number of benzene rings is 1. The number of anilines is 1. The molecular formula is C16H23N3O2. The number of hydrogen-bond donors (Lipinski definition) is 2. The van der Waals surface area contributed by atoms with E-state index in [2.05, 4.69) is 19.2 Å². The van der Waals surface area contributed by atoms with Gasteiger partial charge >= 0.3 is 6.03 Å². The average molecular weight is 289 g/mol. The normalized spacial score (nSPS) is 17.9. The molecule has 0 aromatic heterocycles. The van der Waals surface area contributed by atoms with Gasteiger partial charge in [-0.3, -0.25) is 4.79 Å². The number of primary amides is 1. The van der Waals surface area contributed by atoms with Crippen molar-refractivity contribution in [1.82, 2.24) is 4.90 Å². The highest BCUT2D eigenvalue weighted by molar-refractivity contribution is 5.96. The maximum absolute atomic E-state index is 12.6. The molecule has 0 aliphatic carbocycles. The maximum atomic E-state index is 12.6. The standard InChI is InChI=1S/C16H23N3O2/c1-16(2)7-4-9-19(10-8-16)14(20)12-5-3-6-13(11-12)18-15(17)21/h3,5-6,11H,4,7-10H2,1-2H3,(H3,17,18,21). The molecule has 0 atom stereocenters. The highest BCUT2D eigenvalue weighted by atomic mass is 16.2. The molecule has 5 heteroatoms. The number of nitrogens with zero attached hydrogens (tertiary/aromatic N) is 1. The molecule has 1 saturated heterocycles. The Bertz CT molecular complexity index is 540. The minimum absolute atomic E-state index is 0.0146. The fraction of sp³-hybridized carbons (Fsp3) is 0.500. The van der Waals surface area contributed by atoms with Crippen molar-refractivity contribution in [2.75, 3.05) is 18.4 Å². The van der Waals surface area contributed by atoms with E-state index in [9.17, 15) is 9.59 Å². The van der Waals surface area contributed by atoms with Crippen LogP contribution in [0.25, 0.3) is 0 Å². The van der Waals surface area contributed by atoms with Gasteiger partial charge in [-0.1, -0.05) is 19.9 Å². The third-order valence-electron chi connectivity index (χ3n) is 4.00. The summed E-state index contributed by atoms with van der Waals surface area (Å²) in [5, 5.41) is 2.50. The lowest BCUT2D eigenvalue weighted by Crippen LogP contribution is -2.32. The van der Waals surface area contributed by atoms with Crippen molar-refractivity contribution in [3.63, 3.8) is 0 Å². The number of hydrogen-bond acceptors (Lipinski definition) is 2. The van der Waals surface area contributed by atoms with Gasteiger partial charge in [-0.05, 0) is 42.9 Å². The minimum atomic E-state index is -0.629. The van der Waals surface area contributed by atoms with Crippen LogP contribution in [0.1, 0.15) is 43.5 Å². The summed E-state index contributed by atoms with van der Waals surface area (Å²) in [5.74, 6) is 0.0146. The Kier molecular flexibility index (Phi) is 4.50. The van der Waals surface area contributed by atoms with Gasteiger partial charge in [0.25, 0.3) is 5.91 Å². The Morgan fingerprint density at radius 2 is 2.00 bits per heavy atom. The number of urea groups is 1. The average Bonchev–Trinajstić information content (AvgIpc) is 2.58. The third kappa shape index (κ3) is 4.21. The van der Waals surface area contributed by atoms with E-state index < -0.39 is 6.03 Å². The first-order chi connectivity index (χ1) is 9.87. The van der Waals surface area contributed by atoms with Crippen LogP contribution < -0.4 is 11.1 Å². The van der Waals surface area contributed by atoms with Gasteiger partial charge < -0.3 is 16.0 Å². The number of rotatable bonds is 2. The van der Waals surface area contributed by atoms with Gasteiger partial charge in [-0.25, -0.2) is 4.79 Å². The van der Waals surface area contributed by atoms with Crippen LogP contribution in [0.3, 0.4) is 0 Å². The molecule has 1 aromatic rings. The van der Waals surface area contributed by atoms with Gasteiger partial charge in [-0.15, -0.1) is 0 Å². The minimum Gasteiger partial charge on any atom is -0.351 e. The number of nitrogens with two attached hydrogens (primary N) is 1. The first kappa shape index (κ1) is 15.4. The summed E-state index contributed by atoms with van der Waals surface area (Å²) >= 11 is 0. The van der Waals surface area contributed by atoms with E-state index >= 15 is 0 Å². The number of likely N-dealkylation sites (tertiary alicyclic amines) is 1. The molecule has 1 heterocycles. The summed E-state index contributed by atoms with van der Waals surface area (Å²) < 4.78 is 0. The second kappa shape index (κ2) is 6.16. The quantitative estimate of drug-likeness (QED) is 0.878. The van der Waals surface area contributed by atoms with Crippen LogP contribution >= 0.6 is 0 Å². The second-order valence-electron chi connectivity index (χ2n) is 6.38. The molecule has 1 aliphatic rings. The molecule has 2 rings (SSSR count). The summed E-state index contributed by atoms with van der Waals surface area (Å²) in [5.41, 5.74) is 6.52. The van der Waals surface area contributed by atoms with Crippen LogP contribution in [0.15, 0.2) is 24.3 Å². The molecule has 1 aromatic carbocycles. The summed E-state index contributed by atoms with van der Waals surface area (Å²) in [7, 11) is 0. The first-order valence-electron chi connectivity index (χ1n) is 7.33. The van der Waals surface area contributed by atoms with Crippen molar-refractivity contribution in [3.05, 3.63) is 29.8 Å². The number of carbonyl (C=O) groups is 2. The van der Waals surface area contributed by atoms with Crippen LogP contribution in [0.4, 0.5) is 10.5 Å². The highest BCUT2D eigenvalue weighted by Gasteiger charge is 2.25. The predicted molar refractivity (Wildman–Crippen MR) is 83.2 cm³/mol. The molecule has 0 spiro atoms. The van der Waals surface area contributed by atoms with E-state index in [-0.39, 0.29) is 5.91 Å². The number of nitrogens with one attached hydrogen (secondary N) is 1. The van der Waals surface area contributed by atoms with Gasteiger partial charge in [0.15, 0.2) is 0 Å². The van der Waals surface area contributed by atoms with Crippen molar-refractivity contribution in [1.29, 1.82) is 0 Å². The van der Waals surface area contributed by atoms with Gasteiger partial charge in [0, 0.05) is 24.3 Å². The monoisotopic (exact) mass is 289 g/mol. The number of amides is 3. The summed E-state index contributed by atoms with van der Waals surface area (Å²) in [6.07, 6.45) is 3.18. The summed E-state index contributed by atoms with van der Waals surface area (Å²) in [6.45, 7) is 6.06. The van der Waals surface area contributed by atoms with E-state index in [1.54, 1.807) is 24.3 Å². The fourth-order valence-corrected chi connectivity index (χ4v) is 2.68. The van der Waals surface area contributed by atoms with Crippen molar-refractivity contribution in [3.8, 4) is 0 Å². The molecule has 0 bridgehead atoms. The molecular weight excluding hydrogens is 266 g/mol. The SMILES string of the molecule is CC1(C)CCCN(C(=O)c2cccc(NC(N)=O)c2)CC1. The third-order valence-corrected chi connectivity index (χ3v) is 4.00. The summed E-state index contributed by atoms with van der Waals surface area (Å²) in [4.78, 5) is 25.4. The topological polar surface area (TPSA) is 75.4 Å². The van der Waals surface area contributed by atoms with Crippen molar-refractivity contribution in [2.45, 2.75) is 33.1 Å². The van der Waals surface area contributed by atoms with E-state index in [0.717, 1.165) is 32.4 Å². The van der Waals surface area contributed by atoms with Gasteiger partial charge in [0.2, 0.25) is 0 Å². The largest absolute Gasteiger partial charge is 0.351 e. The second-order valence-corrected chi connectivity index (χ2v) is 6.38. The smallest absolute Gasteiger partial charge is 0.316 e. The summed E-state index contributed by atoms with van der Waals surface area (Å²) in [6, 6.07) is 6.28. The van der Waals surface area contributed by atoms with Gasteiger partial charge in [0.05, 0.1) is 0 Å². The molecule has 3 N–H and O–H groups in total. The lowest BCUT2D eigenvalue weighted by atomic mass is 9.85. The zero-order valence-electron chi connectivity index (χ0n) is 12.7. The van der Waals surface area contributed by atoms with Crippen LogP contribution in [0.2, 0.25) is 0 Å². The first-order valence-corrected chi connectivity index (χ1v) is 7.33. The van der Waals surface area contributed by atoms with Crippen molar-refractivity contribution in [2.24, 2.45) is 11.1 Å². The molecule has 1 fully saturated rings. The molecule has 0 saturated carbocycles. The highest BCUT2D eigenvalue weighted by Crippen LogP contribution is 2.30. The Hall–Kier alpha value is -2.04. The fourth-order valence-electron chi connectivity index (χ4n) is 2.68. The Balaban J connectivity index is 2.10. The molecule has 0 unspecified atom stereocenters. The lowest BCUT2D eigenvalue weighted by Gasteiger charge is -2.23. The van der Waals surface area contributed by atoms with Crippen molar-refractivity contribution >= 4 is 17.6 Å². The van der Waals surface area contributed by atoms with Gasteiger partial charge in [0.1, 0.15) is 0 Å². The van der Waals surface area contributed by atoms with E-state index in [1.807, 2.05) is 4.90 Å². The molecule has 5 nitrogen and oxygen atoms in total. The van der Waals surface area contributed by atoms with E-state index in [0.29, 0.717) is 16.7 Å². The van der Waals surface area contributed by atoms with Crippen LogP contribution in [-0.2, 0) is 0 Å². The lowest BCUT2D eigenvalue weighted by molar-refractivity contribution is 0.0757. The van der Waals surface area contributed by atoms with E-state index in [1.165, 1.54) is 0 Å². The number of carbonyl (C=O) groups excluding carboxylic acids is 2. The predicted octanol–water partition coefficient (Wildman–Crippen LogP) is 2.83. The van der Waals surface area contributed by atoms with Crippen LogP contribution in [-0.4, -0.2) is 29.9 Å². The van der Waals surface area contributed by atoms with E-state index in [4.69, 9.17) is 5.73 Å². The Labute approximate surface area is 125 Å². The zero-order chi connectivity index (χ0) is 15.5. The van der Waals surface area contributed by atoms with Crippen molar-refractivity contribution < 1.29 is 9.59 Å². The maximum Gasteiger partial charge on any atom is 0.316 e. The Morgan fingerprint density at radius 1 is 1.24 bits per heavy atom. The van der Waals surface area contributed by atoms with Crippen LogP contribution in [0.5, 0.6) is 0 Å². The van der Waals surface area contributed by atoms with Gasteiger partial charge in [-0.2, -0.15) is 0 Å². The molecule has 3 amide bonds.